The minimum atomic E-state index is -3.49. The molecule has 4 rings (SSSR count). The maximum absolute atomic E-state index is 12.7. The number of hydrogen-bond donors (Lipinski definition) is 2. The Morgan fingerprint density at radius 1 is 0.680 bits per heavy atom. The van der Waals surface area contributed by atoms with E-state index in [0.717, 1.165) is 64.7 Å². The van der Waals surface area contributed by atoms with Gasteiger partial charge in [-0.25, -0.2) is 16.8 Å². The molecule has 0 unspecified atom stereocenters. The third kappa shape index (κ3) is 9.98. The molecule has 2 aliphatic heterocycles. The van der Waals surface area contributed by atoms with Crippen molar-refractivity contribution >= 4 is 42.6 Å². The lowest BCUT2D eigenvalue weighted by Gasteiger charge is -2.22. The number of sulfone groups is 2. The highest BCUT2D eigenvalue weighted by Gasteiger charge is 2.28. The van der Waals surface area contributed by atoms with Crippen LogP contribution in [-0.4, -0.2) is 102 Å². The molecule has 4 N–H and O–H groups in total. The Balaban J connectivity index is 0.000000270. The van der Waals surface area contributed by atoms with Gasteiger partial charge in [-0.2, -0.15) is 0 Å². The number of likely N-dealkylation sites (tertiary alicyclic amines) is 2. The number of anilines is 2. The summed E-state index contributed by atoms with van der Waals surface area (Å²) >= 11 is 0. The monoisotopic (exact) mass is 736 g/mol. The Hall–Kier alpha value is -3.20. The summed E-state index contributed by atoms with van der Waals surface area (Å²) in [4.78, 5) is 30.2. The molecule has 12 nitrogen and oxygen atoms in total. The van der Waals surface area contributed by atoms with Crippen LogP contribution in [0.15, 0.2) is 34.1 Å². The number of Topliss-reactive ketones (excluding diaryl/α,β-unsaturated/α-hetero) is 2. The first-order valence-corrected chi connectivity index (χ1v) is 20.9. The van der Waals surface area contributed by atoms with Crippen LogP contribution in [0.3, 0.4) is 0 Å². The lowest BCUT2D eigenvalue weighted by atomic mass is 10.0. The summed E-state index contributed by atoms with van der Waals surface area (Å²) in [6.45, 7) is 11.5. The van der Waals surface area contributed by atoms with Gasteiger partial charge in [-0.15, -0.1) is 0 Å². The molecule has 0 radical (unpaired) electrons. The van der Waals surface area contributed by atoms with Gasteiger partial charge in [0.15, 0.2) is 31.2 Å². The fourth-order valence-electron chi connectivity index (χ4n) is 6.92. The van der Waals surface area contributed by atoms with Gasteiger partial charge >= 0.3 is 0 Å². The van der Waals surface area contributed by atoms with E-state index in [4.69, 9.17) is 20.9 Å². The molecule has 2 heterocycles. The molecule has 2 aromatic rings. The molecular weight excluding hydrogens is 681 g/mol. The van der Waals surface area contributed by atoms with Crippen LogP contribution < -0.4 is 20.9 Å². The molecule has 2 aliphatic rings. The first-order valence-electron chi connectivity index (χ1n) is 17.6. The summed E-state index contributed by atoms with van der Waals surface area (Å²) < 4.78 is 59.3. The van der Waals surface area contributed by atoms with Crippen LogP contribution in [0.4, 0.5) is 11.4 Å². The van der Waals surface area contributed by atoms with Crippen molar-refractivity contribution in [2.75, 3.05) is 63.4 Å². The number of ether oxygens (including phenoxy) is 2. The topological polar surface area (TPSA) is 179 Å². The Morgan fingerprint density at radius 2 is 1.04 bits per heavy atom. The third-order valence-electron chi connectivity index (χ3n) is 9.91. The molecule has 0 saturated carbocycles. The Bertz CT molecular complexity index is 1590. The van der Waals surface area contributed by atoms with Crippen LogP contribution in [-0.2, 0) is 19.7 Å². The highest BCUT2D eigenvalue weighted by atomic mass is 32.2. The first kappa shape index (κ1) is 41.2. The van der Waals surface area contributed by atoms with Crippen molar-refractivity contribution in [1.82, 2.24) is 9.80 Å². The highest BCUT2D eigenvalue weighted by Crippen LogP contribution is 2.33. The van der Waals surface area contributed by atoms with Crippen molar-refractivity contribution in [1.29, 1.82) is 0 Å². The number of nitrogens with two attached hydrogens (primary N) is 2. The number of nitrogens with zero attached hydrogens (tertiary/aromatic N) is 2. The largest absolute Gasteiger partial charge is 0.496 e. The average molecular weight is 737 g/mol. The van der Waals surface area contributed by atoms with Crippen LogP contribution >= 0.6 is 0 Å². The van der Waals surface area contributed by atoms with Gasteiger partial charge in [0.25, 0.3) is 0 Å². The molecule has 2 atom stereocenters. The van der Waals surface area contributed by atoms with Crippen molar-refractivity contribution in [3.05, 3.63) is 35.4 Å². The summed E-state index contributed by atoms with van der Waals surface area (Å²) in [5.74, 6) is 0.322. The second-order valence-electron chi connectivity index (χ2n) is 12.8. The number of carbonyl (C=O) groups is 2. The molecule has 0 aromatic heterocycles. The second-order valence-corrected chi connectivity index (χ2v) is 17.3. The predicted octanol–water partition coefficient (Wildman–Crippen LogP) is 5.04. The number of methoxy groups -OCH3 is 2. The zero-order chi connectivity index (χ0) is 37.2. The van der Waals surface area contributed by atoms with E-state index in [9.17, 15) is 26.4 Å². The molecule has 0 amide bonds. The van der Waals surface area contributed by atoms with Crippen molar-refractivity contribution in [2.24, 2.45) is 0 Å². The smallest absolute Gasteiger partial charge is 0.180 e. The number of carbonyl (C=O) groups excluding carboxylic acids is 2. The molecule has 2 aromatic carbocycles. The maximum atomic E-state index is 12.7. The van der Waals surface area contributed by atoms with Crippen LogP contribution in [0, 0.1) is 0 Å². The highest BCUT2D eigenvalue weighted by molar-refractivity contribution is 7.91. The van der Waals surface area contributed by atoms with E-state index < -0.39 is 19.7 Å². The zero-order valence-corrected chi connectivity index (χ0v) is 32.1. The predicted molar refractivity (Wildman–Crippen MR) is 198 cm³/mol. The molecule has 2 saturated heterocycles. The Morgan fingerprint density at radius 3 is 1.34 bits per heavy atom. The second kappa shape index (κ2) is 18.3. The van der Waals surface area contributed by atoms with E-state index in [-0.39, 0.29) is 44.2 Å². The third-order valence-corrected chi connectivity index (χ3v) is 13.5. The normalized spacial score (nSPS) is 18.4. The zero-order valence-electron chi connectivity index (χ0n) is 30.5. The van der Waals surface area contributed by atoms with Crippen molar-refractivity contribution in [2.45, 2.75) is 101 Å². The van der Waals surface area contributed by atoms with Gasteiger partial charge in [0.2, 0.25) is 0 Å². The van der Waals surface area contributed by atoms with Crippen molar-refractivity contribution in [3.63, 3.8) is 0 Å². The molecule has 2 fully saturated rings. The number of nitrogen functional groups attached to an aromatic ring is 2. The molecule has 280 valence electrons. The van der Waals surface area contributed by atoms with Crippen molar-refractivity contribution in [3.8, 4) is 11.5 Å². The van der Waals surface area contributed by atoms with Gasteiger partial charge in [-0.3, -0.25) is 9.59 Å². The Kier molecular flexibility index (Phi) is 15.1. The van der Waals surface area contributed by atoms with E-state index in [0.29, 0.717) is 47.6 Å². The van der Waals surface area contributed by atoms with Gasteiger partial charge in [0, 0.05) is 37.1 Å². The van der Waals surface area contributed by atoms with Gasteiger partial charge < -0.3 is 30.7 Å². The SMILES string of the molecule is CCN1CCC[C@@H]1CCC(=O)c1cc(S(=O)(=O)CC)c(N)cc1OC.CCN1CCC[C@H]1CCC(=O)c1cc(S(=O)(=O)CC)c(N)cc1OC. The molecule has 14 heteroatoms. The molecule has 0 bridgehead atoms. The van der Waals surface area contributed by atoms with Crippen LogP contribution in [0.2, 0.25) is 0 Å². The van der Waals surface area contributed by atoms with E-state index in [2.05, 4.69) is 23.6 Å². The average Bonchev–Trinajstić information content (AvgIpc) is 3.78. The van der Waals surface area contributed by atoms with Gasteiger partial charge in [0.05, 0.1) is 58.0 Å². The van der Waals surface area contributed by atoms with E-state index in [1.54, 1.807) is 13.8 Å². The van der Waals surface area contributed by atoms with Crippen LogP contribution in [0.1, 0.15) is 99.8 Å². The fourth-order valence-corrected chi connectivity index (χ4v) is 8.97. The summed E-state index contributed by atoms with van der Waals surface area (Å²) in [5, 5.41) is 0. The lowest BCUT2D eigenvalue weighted by Crippen LogP contribution is -2.29. The summed E-state index contributed by atoms with van der Waals surface area (Å²) in [6.07, 6.45) is 6.82. The van der Waals surface area contributed by atoms with Crippen LogP contribution in [0.25, 0.3) is 0 Å². The quantitative estimate of drug-likeness (QED) is 0.174. The summed E-state index contributed by atoms with van der Waals surface area (Å²) in [6, 6.07) is 6.47. The van der Waals surface area contributed by atoms with Gasteiger partial charge in [-0.1, -0.05) is 27.7 Å². The number of ketones is 2. The first-order chi connectivity index (χ1) is 23.7. The standard InChI is InChI=1S/2C18H28N2O4S/c2*1-4-20-10-6-7-13(20)8-9-16(21)14-11-18(25(22,23)5-2)15(19)12-17(14)24-3/h2*11-13H,4-10,19H2,1-3H3/t2*13-/m10/s1. The summed E-state index contributed by atoms with van der Waals surface area (Å²) in [5.41, 5.74) is 12.5. The molecule has 0 spiro atoms. The fraction of sp³-hybridized carbons (Fsp3) is 0.611. The molecular formula is C36H56N4O8S2. The van der Waals surface area contributed by atoms with E-state index >= 15 is 0 Å². The van der Waals surface area contributed by atoms with Crippen molar-refractivity contribution < 1.29 is 35.9 Å². The van der Waals surface area contributed by atoms with Gasteiger partial charge in [0.1, 0.15) is 11.5 Å². The Labute approximate surface area is 298 Å². The number of benzene rings is 2. The van der Waals surface area contributed by atoms with E-state index in [1.165, 1.54) is 38.5 Å². The lowest BCUT2D eigenvalue weighted by molar-refractivity contribution is 0.0957. The summed E-state index contributed by atoms with van der Waals surface area (Å²) in [7, 11) is -4.08. The number of hydrogen-bond acceptors (Lipinski definition) is 12. The van der Waals surface area contributed by atoms with E-state index in [1.807, 2.05) is 0 Å². The molecule has 50 heavy (non-hydrogen) atoms. The van der Waals surface area contributed by atoms with Gasteiger partial charge in [-0.05, 0) is 76.8 Å². The number of rotatable bonds is 16. The maximum Gasteiger partial charge on any atom is 0.180 e. The van der Waals surface area contributed by atoms with Crippen LogP contribution in [0.5, 0.6) is 11.5 Å². The molecule has 0 aliphatic carbocycles. The minimum Gasteiger partial charge on any atom is -0.496 e. The minimum absolute atomic E-state index is 0.00945.